The molecule has 1 aromatic heterocycles. The largest absolute Gasteiger partial charge is 0.472 e. The zero-order chi connectivity index (χ0) is 24.0. The fourth-order valence-electron chi connectivity index (χ4n) is 8.53. The summed E-state index contributed by atoms with van der Waals surface area (Å²) >= 11 is 0. The number of allylic oxidation sites excluding steroid dienone is 3. The standard InChI is InChI=1S/C28H36O5/c1-16(29)33-24-14-21-26(4)11-9-22(30)25(2,3)20(26)13-23(31)28(21,6)19-8-7-18(27(19,24)5)17-10-12-32-15-17/h8-12,15,18,20-21,23-24,31H,7,13-14H2,1-6H3/t18-,20-,21+,23+,24-,26-,27-,28-/m0/s1. The molecule has 0 spiro atoms. The van der Waals surface area contributed by atoms with Crippen LogP contribution in [0.2, 0.25) is 0 Å². The van der Waals surface area contributed by atoms with Crippen molar-refractivity contribution in [1.82, 2.24) is 0 Å². The molecule has 0 radical (unpaired) electrons. The van der Waals surface area contributed by atoms with Crippen LogP contribution in [0, 0.1) is 33.5 Å². The van der Waals surface area contributed by atoms with Gasteiger partial charge in [0.1, 0.15) is 6.10 Å². The first-order valence-electron chi connectivity index (χ1n) is 12.2. The Hall–Kier alpha value is -2.14. The van der Waals surface area contributed by atoms with Gasteiger partial charge in [-0.3, -0.25) is 9.59 Å². The zero-order valence-corrected chi connectivity index (χ0v) is 20.6. The van der Waals surface area contributed by atoms with Crippen molar-refractivity contribution in [1.29, 1.82) is 0 Å². The molecular formula is C28H36O5. The molecule has 0 aliphatic heterocycles. The van der Waals surface area contributed by atoms with Crippen LogP contribution in [-0.2, 0) is 14.3 Å². The topological polar surface area (TPSA) is 76.7 Å². The molecular weight excluding hydrogens is 416 g/mol. The van der Waals surface area contributed by atoms with Crippen molar-refractivity contribution < 1.29 is 23.8 Å². The zero-order valence-electron chi connectivity index (χ0n) is 20.6. The number of aliphatic hydroxyl groups is 1. The molecule has 8 atom stereocenters. The second-order valence-electron chi connectivity index (χ2n) is 12.0. The molecule has 0 amide bonds. The van der Waals surface area contributed by atoms with Crippen LogP contribution in [0.5, 0.6) is 0 Å². The second kappa shape index (κ2) is 6.94. The van der Waals surface area contributed by atoms with Gasteiger partial charge in [0.25, 0.3) is 0 Å². The highest BCUT2D eigenvalue weighted by Gasteiger charge is 2.70. The summed E-state index contributed by atoms with van der Waals surface area (Å²) in [6.07, 6.45) is 10.8. The molecule has 0 aromatic carbocycles. The van der Waals surface area contributed by atoms with E-state index in [0.29, 0.717) is 12.8 Å². The number of ether oxygens (including phenoxy) is 1. The first-order chi connectivity index (χ1) is 15.4. The third-order valence-corrected chi connectivity index (χ3v) is 10.3. The van der Waals surface area contributed by atoms with Gasteiger partial charge in [0.15, 0.2) is 5.78 Å². The molecule has 1 aromatic rings. The Morgan fingerprint density at radius 1 is 1.12 bits per heavy atom. The van der Waals surface area contributed by atoms with Gasteiger partial charge >= 0.3 is 5.97 Å². The third-order valence-electron chi connectivity index (χ3n) is 10.3. The van der Waals surface area contributed by atoms with E-state index in [2.05, 4.69) is 32.9 Å². The summed E-state index contributed by atoms with van der Waals surface area (Å²) in [5.41, 5.74) is 0.539. The van der Waals surface area contributed by atoms with Crippen LogP contribution in [-0.4, -0.2) is 29.1 Å². The monoisotopic (exact) mass is 452 g/mol. The van der Waals surface area contributed by atoms with Crippen LogP contribution in [0.4, 0.5) is 0 Å². The van der Waals surface area contributed by atoms with Crippen LogP contribution in [0.25, 0.3) is 0 Å². The summed E-state index contributed by atoms with van der Waals surface area (Å²) in [6.45, 7) is 12.1. The van der Waals surface area contributed by atoms with Gasteiger partial charge in [0.05, 0.1) is 18.6 Å². The Labute approximate surface area is 196 Å². The predicted molar refractivity (Wildman–Crippen MR) is 124 cm³/mol. The quantitative estimate of drug-likeness (QED) is 0.492. The second-order valence-corrected chi connectivity index (χ2v) is 12.0. The van der Waals surface area contributed by atoms with E-state index in [1.54, 1.807) is 18.6 Å². The molecule has 2 saturated carbocycles. The fourth-order valence-corrected chi connectivity index (χ4v) is 8.53. The molecule has 4 aliphatic carbocycles. The first kappa shape index (κ1) is 22.6. The van der Waals surface area contributed by atoms with E-state index in [1.807, 2.05) is 19.9 Å². The molecule has 0 bridgehead atoms. The average Bonchev–Trinajstić information content (AvgIpc) is 3.38. The van der Waals surface area contributed by atoms with Gasteiger partial charge in [-0.15, -0.1) is 0 Å². The van der Waals surface area contributed by atoms with E-state index in [1.165, 1.54) is 12.5 Å². The van der Waals surface area contributed by atoms with Crippen molar-refractivity contribution in [3.8, 4) is 0 Å². The smallest absolute Gasteiger partial charge is 0.302 e. The molecule has 5 nitrogen and oxygen atoms in total. The molecule has 1 N–H and O–H groups in total. The Morgan fingerprint density at radius 2 is 1.85 bits per heavy atom. The highest BCUT2D eigenvalue weighted by molar-refractivity contribution is 5.95. The molecule has 1 heterocycles. The minimum absolute atomic E-state index is 0.0181. The molecule has 4 aliphatic rings. The van der Waals surface area contributed by atoms with Gasteiger partial charge in [0, 0.05) is 29.1 Å². The van der Waals surface area contributed by atoms with Crippen molar-refractivity contribution in [2.75, 3.05) is 0 Å². The highest BCUT2D eigenvalue weighted by Crippen LogP contribution is 2.72. The molecule has 178 valence electrons. The Balaban J connectivity index is 1.68. The summed E-state index contributed by atoms with van der Waals surface area (Å²) < 4.78 is 11.5. The lowest BCUT2D eigenvalue weighted by atomic mass is 9.38. The van der Waals surface area contributed by atoms with Crippen molar-refractivity contribution >= 4 is 11.8 Å². The third kappa shape index (κ3) is 2.75. The summed E-state index contributed by atoms with van der Waals surface area (Å²) in [4.78, 5) is 25.1. The van der Waals surface area contributed by atoms with E-state index in [9.17, 15) is 14.7 Å². The molecule has 0 saturated heterocycles. The Kier molecular flexibility index (Phi) is 4.76. The van der Waals surface area contributed by atoms with Crippen molar-refractivity contribution in [3.63, 3.8) is 0 Å². The first-order valence-corrected chi connectivity index (χ1v) is 12.2. The number of hydrogen-bond donors (Lipinski definition) is 1. The highest BCUT2D eigenvalue weighted by atomic mass is 16.5. The summed E-state index contributed by atoms with van der Waals surface area (Å²) in [7, 11) is 0. The molecule has 5 heteroatoms. The van der Waals surface area contributed by atoms with Gasteiger partial charge in [-0.05, 0) is 54.2 Å². The van der Waals surface area contributed by atoms with Crippen LogP contribution < -0.4 is 0 Å². The molecule has 0 unspecified atom stereocenters. The van der Waals surface area contributed by atoms with Gasteiger partial charge in [-0.2, -0.15) is 0 Å². The SMILES string of the molecule is CC(=O)O[C@H]1C[C@@H]2[C@@]3(C)C=CC(=O)C(C)(C)[C@@H]3C[C@@H](O)[C@@]2(C)C2=CC[C@@H](c3ccoc3)[C@@]21C. The number of carbonyl (C=O) groups is 2. The van der Waals surface area contributed by atoms with E-state index < -0.39 is 22.3 Å². The summed E-state index contributed by atoms with van der Waals surface area (Å²) in [5, 5.41) is 11.8. The maximum atomic E-state index is 12.8. The minimum atomic E-state index is -0.578. The Morgan fingerprint density at radius 3 is 2.48 bits per heavy atom. The number of carbonyl (C=O) groups excluding carboxylic acids is 2. The summed E-state index contributed by atoms with van der Waals surface area (Å²) in [5.74, 6) is 0.0117. The number of fused-ring (bicyclic) bond motifs is 5. The van der Waals surface area contributed by atoms with E-state index in [-0.39, 0.29) is 41.0 Å². The van der Waals surface area contributed by atoms with E-state index in [0.717, 1.165) is 12.0 Å². The van der Waals surface area contributed by atoms with Crippen LogP contribution >= 0.6 is 0 Å². The van der Waals surface area contributed by atoms with Crippen molar-refractivity contribution in [3.05, 3.63) is 48.0 Å². The van der Waals surface area contributed by atoms with Gasteiger partial charge in [0.2, 0.25) is 0 Å². The number of ketones is 1. The Bertz CT molecular complexity index is 1050. The normalized spacial score (nSPS) is 45.6. The number of esters is 1. The maximum absolute atomic E-state index is 12.8. The predicted octanol–water partition coefficient (Wildman–Crippen LogP) is 5.21. The van der Waals surface area contributed by atoms with Gasteiger partial charge in [-0.25, -0.2) is 0 Å². The van der Waals surface area contributed by atoms with E-state index in [4.69, 9.17) is 9.15 Å². The average molecular weight is 453 g/mol. The van der Waals surface area contributed by atoms with Crippen LogP contribution in [0.15, 0.2) is 46.8 Å². The summed E-state index contributed by atoms with van der Waals surface area (Å²) in [6, 6.07) is 2.00. The maximum Gasteiger partial charge on any atom is 0.302 e. The lowest BCUT2D eigenvalue weighted by molar-refractivity contribution is -0.191. The lowest BCUT2D eigenvalue weighted by Gasteiger charge is -2.67. The molecule has 2 fully saturated rings. The van der Waals surface area contributed by atoms with E-state index >= 15 is 0 Å². The number of rotatable bonds is 2. The number of aliphatic hydroxyl groups excluding tert-OH is 1. The van der Waals surface area contributed by atoms with Gasteiger partial charge < -0.3 is 14.3 Å². The van der Waals surface area contributed by atoms with Crippen molar-refractivity contribution in [2.45, 2.75) is 78.9 Å². The lowest BCUT2D eigenvalue weighted by Crippen LogP contribution is -2.66. The van der Waals surface area contributed by atoms with Crippen LogP contribution in [0.3, 0.4) is 0 Å². The fraction of sp³-hybridized carbons (Fsp3) is 0.643. The van der Waals surface area contributed by atoms with Crippen LogP contribution in [0.1, 0.15) is 72.3 Å². The van der Waals surface area contributed by atoms with Gasteiger partial charge in [-0.1, -0.05) is 52.3 Å². The number of hydrogen-bond acceptors (Lipinski definition) is 5. The minimum Gasteiger partial charge on any atom is -0.472 e. The van der Waals surface area contributed by atoms with Crippen molar-refractivity contribution in [2.24, 2.45) is 33.5 Å². The molecule has 33 heavy (non-hydrogen) atoms. The molecule has 5 rings (SSSR count). The number of furan rings is 1.